The minimum atomic E-state index is 0.286. The molecule has 1 heterocycles. The van der Waals surface area contributed by atoms with Gasteiger partial charge in [0.25, 0.3) is 0 Å². The van der Waals surface area contributed by atoms with Crippen LogP contribution >= 0.6 is 23.4 Å². The van der Waals surface area contributed by atoms with E-state index in [0.29, 0.717) is 5.56 Å². The second-order valence-electron chi connectivity index (χ2n) is 6.21. The van der Waals surface area contributed by atoms with E-state index in [2.05, 4.69) is 42.7 Å². The molecule has 130 valence electrons. The second kappa shape index (κ2) is 7.70. The van der Waals surface area contributed by atoms with Crippen molar-refractivity contribution in [3.05, 3.63) is 47.0 Å². The summed E-state index contributed by atoms with van der Waals surface area (Å²) in [4.78, 5) is 7.11. The molecule has 3 nitrogen and oxygen atoms in total. The highest BCUT2D eigenvalue weighted by Crippen LogP contribution is 2.50. The minimum absolute atomic E-state index is 0.286. The Morgan fingerprint density at radius 1 is 1.12 bits per heavy atom. The first kappa shape index (κ1) is 18.1. The van der Waals surface area contributed by atoms with Gasteiger partial charge in [0.05, 0.1) is 23.0 Å². The summed E-state index contributed by atoms with van der Waals surface area (Å²) < 4.78 is 0. The summed E-state index contributed by atoms with van der Waals surface area (Å²) in [6.45, 7) is 9.66. The van der Waals surface area contributed by atoms with Crippen LogP contribution in [0.5, 0.6) is 0 Å². The lowest BCUT2D eigenvalue weighted by Crippen LogP contribution is -2.41. The van der Waals surface area contributed by atoms with E-state index in [1.165, 1.54) is 4.90 Å². The molecular formula is C20H22ClN3S. The predicted octanol–water partition coefficient (Wildman–Crippen LogP) is 5.54. The molecule has 0 radical (unpaired) electrons. The molecule has 0 aromatic heterocycles. The fourth-order valence-electron chi connectivity index (χ4n) is 3.29. The Morgan fingerprint density at radius 2 is 1.88 bits per heavy atom. The minimum Gasteiger partial charge on any atom is -0.335 e. The standard InChI is InChI=1S/C20H22ClN3S/c1-4-23(5-2)13-14(3)24-17-8-7-16(21)11-20(17)25-19-9-6-15(12-22)10-18(19)24/h6-11,14H,4-5,13H2,1-3H3. The molecule has 0 bridgehead atoms. The second-order valence-corrected chi connectivity index (χ2v) is 7.73. The van der Waals surface area contributed by atoms with Crippen LogP contribution in [-0.2, 0) is 0 Å². The van der Waals surface area contributed by atoms with Gasteiger partial charge < -0.3 is 9.80 Å². The van der Waals surface area contributed by atoms with Gasteiger partial charge >= 0.3 is 0 Å². The third kappa shape index (κ3) is 3.64. The molecule has 0 aliphatic carbocycles. The van der Waals surface area contributed by atoms with Crippen LogP contribution in [0.15, 0.2) is 46.2 Å². The molecule has 1 aliphatic heterocycles. The van der Waals surface area contributed by atoms with Gasteiger partial charge in [-0.25, -0.2) is 0 Å². The van der Waals surface area contributed by atoms with Crippen molar-refractivity contribution in [2.75, 3.05) is 24.5 Å². The molecule has 0 amide bonds. The van der Waals surface area contributed by atoms with Crippen molar-refractivity contribution in [3.8, 4) is 6.07 Å². The number of benzene rings is 2. The maximum absolute atomic E-state index is 9.32. The number of likely N-dealkylation sites (N-methyl/N-ethyl adjacent to an activating group) is 1. The Balaban J connectivity index is 2.07. The molecule has 0 spiro atoms. The first-order valence-corrected chi connectivity index (χ1v) is 9.80. The van der Waals surface area contributed by atoms with Crippen LogP contribution in [0.2, 0.25) is 5.02 Å². The number of anilines is 2. The van der Waals surface area contributed by atoms with Crippen LogP contribution < -0.4 is 4.90 Å². The van der Waals surface area contributed by atoms with Crippen molar-refractivity contribution in [1.82, 2.24) is 4.90 Å². The van der Waals surface area contributed by atoms with Crippen LogP contribution in [0.25, 0.3) is 0 Å². The number of nitriles is 1. The fourth-order valence-corrected chi connectivity index (χ4v) is 4.62. The first-order valence-electron chi connectivity index (χ1n) is 8.60. The third-order valence-electron chi connectivity index (χ3n) is 4.61. The summed E-state index contributed by atoms with van der Waals surface area (Å²) in [6.07, 6.45) is 0. The zero-order valence-electron chi connectivity index (χ0n) is 14.8. The van der Waals surface area contributed by atoms with Gasteiger partial charge in [0.1, 0.15) is 0 Å². The van der Waals surface area contributed by atoms with Crippen molar-refractivity contribution < 1.29 is 0 Å². The van der Waals surface area contributed by atoms with Crippen molar-refractivity contribution in [2.45, 2.75) is 36.6 Å². The third-order valence-corrected chi connectivity index (χ3v) is 5.95. The van der Waals surface area contributed by atoms with Gasteiger partial charge in [-0.15, -0.1) is 0 Å². The zero-order valence-corrected chi connectivity index (χ0v) is 16.4. The van der Waals surface area contributed by atoms with Crippen LogP contribution in [0.1, 0.15) is 26.3 Å². The Bertz CT molecular complexity index is 811. The van der Waals surface area contributed by atoms with Crippen molar-refractivity contribution in [2.24, 2.45) is 0 Å². The van der Waals surface area contributed by atoms with Gasteiger partial charge in [0.2, 0.25) is 0 Å². The zero-order chi connectivity index (χ0) is 18.0. The molecule has 0 saturated carbocycles. The first-order chi connectivity index (χ1) is 12.1. The van der Waals surface area contributed by atoms with Crippen LogP contribution in [0.3, 0.4) is 0 Å². The molecule has 25 heavy (non-hydrogen) atoms. The van der Waals surface area contributed by atoms with Crippen molar-refractivity contribution >= 4 is 34.7 Å². The SMILES string of the molecule is CCN(CC)CC(C)N1c2ccc(Cl)cc2Sc2ccc(C#N)cc21. The molecule has 1 atom stereocenters. The predicted molar refractivity (Wildman–Crippen MR) is 106 cm³/mol. The molecular weight excluding hydrogens is 350 g/mol. The maximum atomic E-state index is 9.32. The van der Waals surface area contributed by atoms with E-state index in [1.54, 1.807) is 11.8 Å². The number of nitrogens with zero attached hydrogens (tertiary/aromatic N) is 3. The number of halogens is 1. The largest absolute Gasteiger partial charge is 0.335 e. The van der Waals surface area contributed by atoms with Gasteiger partial charge in [0, 0.05) is 27.4 Å². The van der Waals surface area contributed by atoms with Crippen molar-refractivity contribution in [3.63, 3.8) is 0 Å². The Labute approximate surface area is 159 Å². The summed E-state index contributed by atoms with van der Waals surface area (Å²) in [5, 5.41) is 10.1. The molecule has 2 aromatic rings. The van der Waals surface area contributed by atoms with Gasteiger partial charge in [0.15, 0.2) is 0 Å². The topological polar surface area (TPSA) is 30.3 Å². The Hall–Kier alpha value is -1.67. The molecule has 3 rings (SSSR count). The monoisotopic (exact) mass is 371 g/mol. The highest BCUT2D eigenvalue weighted by molar-refractivity contribution is 7.99. The van der Waals surface area contributed by atoms with E-state index in [1.807, 2.05) is 30.3 Å². The van der Waals surface area contributed by atoms with E-state index in [4.69, 9.17) is 11.6 Å². The van der Waals surface area contributed by atoms with E-state index in [9.17, 15) is 5.26 Å². The number of hydrogen-bond acceptors (Lipinski definition) is 4. The van der Waals surface area contributed by atoms with Crippen LogP contribution in [0, 0.1) is 11.3 Å². The average Bonchev–Trinajstić information content (AvgIpc) is 2.63. The van der Waals surface area contributed by atoms with Gasteiger partial charge in [-0.1, -0.05) is 37.2 Å². The molecule has 1 unspecified atom stereocenters. The highest BCUT2D eigenvalue weighted by Gasteiger charge is 2.28. The molecule has 0 N–H and O–H groups in total. The number of rotatable bonds is 5. The van der Waals surface area contributed by atoms with Gasteiger partial charge in [-0.2, -0.15) is 5.26 Å². The summed E-state index contributed by atoms with van der Waals surface area (Å²) in [6, 6.07) is 14.5. The van der Waals surface area contributed by atoms with Gasteiger partial charge in [-0.05, 0) is 56.4 Å². The summed E-state index contributed by atoms with van der Waals surface area (Å²) in [5.74, 6) is 0. The van der Waals surface area contributed by atoms with Gasteiger partial charge in [-0.3, -0.25) is 0 Å². The lowest BCUT2D eigenvalue weighted by atomic mass is 10.1. The van der Waals surface area contributed by atoms with Crippen molar-refractivity contribution in [1.29, 1.82) is 5.26 Å². The normalized spacial score (nSPS) is 14.0. The molecule has 5 heteroatoms. The van der Waals surface area contributed by atoms with E-state index < -0.39 is 0 Å². The maximum Gasteiger partial charge on any atom is 0.0992 e. The molecule has 0 saturated heterocycles. The Morgan fingerprint density at radius 3 is 2.56 bits per heavy atom. The molecule has 2 aromatic carbocycles. The lowest BCUT2D eigenvalue weighted by molar-refractivity contribution is 0.288. The number of hydrogen-bond donors (Lipinski definition) is 0. The van der Waals surface area contributed by atoms with E-state index in [0.717, 1.165) is 40.9 Å². The average molecular weight is 372 g/mol. The van der Waals surface area contributed by atoms with E-state index in [-0.39, 0.29) is 6.04 Å². The van der Waals surface area contributed by atoms with E-state index >= 15 is 0 Å². The fraction of sp³-hybridized carbons (Fsp3) is 0.350. The van der Waals surface area contributed by atoms with Crippen LogP contribution in [0.4, 0.5) is 11.4 Å². The summed E-state index contributed by atoms with van der Waals surface area (Å²) in [5.41, 5.74) is 2.96. The molecule has 0 fully saturated rings. The summed E-state index contributed by atoms with van der Waals surface area (Å²) >= 11 is 7.94. The molecule has 1 aliphatic rings. The smallest absolute Gasteiger partial charge is 0.0992 e. The highest BCUT2D eigenvalue weighted by atomic mass is 35.5. The number of fused-ring (bicyclic) bond motifs is 2. The lowest BCUT2D eigenvalue weighted by Gasteiger charge is -2.39. The Kier molecular flexibility index (Phi) is 5.58. The quantitative estimate of drug-likeness (QED) is 0.689. The summed E-state index contributed by atoms with van der Waals surface area (Å²) in [7, 11) is 0. The van der Waals surface area contributed by atoms with Crippen LogP contribution in [-0.4, -0.2) is 30.6 Å².